The molecule has 0 spiro atoms. The summed E-state index contributed by atoms with van der Waals surface area (Å²) in [7, 11) is 1.63. The second-order valence-corrected chi connectivity index (χ2v) is 5.61. The Bertz CT molecular complexity index is 504. The molecule has 4 heteroatoms. The summed E-state index contributed by atoms with van der Waals surface area (Å²) < 4.78 is 6.20. The van der Waals surface area contributed by atoms with Crippen LogP contribution in [0.2, 0.25) is 0 Å². The second kappa shape index (κ2) is 5.47. The molecule has 0 fully saturated rings. The van der Waals surface area contributed by atoms with Crippen LogP contribution in [-0.2, 0) is 4.79 Å². The zero-order chi connectivity index (χ0) is 12.3. The molecule has 2 rings (SSSR count). The van der Waals surface area contributed by atoms with Gasteiger partial charge in [-0.05, 0) is 30.0 Å². The lowest BCUT2D eigenvalue weighted by molar-refractivity contribution is -0.110. The monoisotopic (exact) mass is 264 g/mol. The Morgan fingerprint density at radius 2 is 2.24 bits per heavy atom. The molecule has 0 unspecified atom stereocenters. The van der Waals surface area contributed by atoms with Gasteiger partial charge in [-0.25, -0.2) is 0 Å². The molecule has 0 N–H and O–H groups in total. The molecule has 1 aromatic rings. The molecule has 0 amide bonds. The van der Waals surface area contributed by atoms with Crippen LogP contribution in [0, 0.1) is 0 Å². The van der Waals surface area contributed by atoms with Gasteiger partial charge in [0.2, 0.25) is 0 Å². The topological polar surface area (TPSA) is 26.3 Å². The summed E-state index contributed by atoms with van der Waals surface area (Å²) in [6, 6.07) is 7.67. The third kappa shape index (κ3) is 2.96. The van der Waals surface area contributed by atoms with Gasteiger partial charge in [-0.2, -0.15) is 0 Å². The summed E-state index contributed by atoms with van der Waals surface area (Å²) >= 11 is 3.12. The van der Waals surface area contributed by atoms with Crippen molar-refractivity contribution in [2.75, 3.05) is 13.4 Å². The highest BCUT2D eigenvalue weighted by Crippen LogP contribution is 2.40. The third-order valence-corrected chi connectivity index (χ3v) is 4.42. The minimum atomic E-state index is 0.0853. The van der Waals surface area contributed by atoms with Crippen molar-refractivity contribution in [3.8, 4) is 5.75 Å². The Hall–Kier alpha value is -1.13. The van der Waals surface area contributed by atoms with Crippen LogP contribution >= 0.6 is 23.5 Å². The Balaban J connectivity index is 2.23. The largest absolute Gasteiger partial charge is 0.497 e. The molecule has 1 aliphatic rings. The van der Waals surface area contributed by atoms with Gasteiger partial charge in [-0.3, -0.25) is 4.79 Å². The van der Waals surface area contributed by atoms with Crippen molar-refractivity contribution < 1.29 is 9.53 Å². The number of hydrogen-bond acceptors (Lipinski definition) is 4. The van der Waals surface area contributed by atoms with Gasteiger partial charge in [0.05, 0.1) is 12.0 Å². The minimum Gasteiger partial charge on any atom is -0.497 e. The van der Waals surface area contributed by atoms with Crippen LogP contribution in [0.5, 0.6) is 5.75 Å². The van der Waals surface area contributed by atoms with Gasteiger partial charge in [0, 0.05) is 10.3 Å². The zero-order valence-corrected chi connectivity index (χ0v) is 11.2. The average Bonchev–Trinajstić information content (AvgIpc) is 2.70. The molecule has 0 saturated heterocycles. The molecule has 0 bridgehead atoms. The number of ketones is 1. The molecular weight excluding hydrogens is 252 g/mol. The molecular formula is C13H12O2S2. The van der Waals surface area contributed by atoms with Crippen molar-refractivity contribution >= 4 is 35.4 Å². The Labute approximate surface area is 109 Å². The first-order valence-corrected chi connectivity index (χ1v) is 7.10. The molecule has 0 aliphatic carbocycles. The summed E-state index contributed by atoms with van der Waals surface area (Å²) in [5, 5.41) is 0. The summed E-state index contributed by atoms with van der Waals surface area (Å²) in [4.78, 5) is 12.5. The van der Waals surface area contributed by atoms with E-state index in [0.29, 0.717) is 0 Å². The molecule has 1 heterocycles. The Morgan fingerprint density at radius 1 is 1.41 bits per heavy atom. The van der Waals surface area contributed by atoms with Crippen LogP contribution in [0.4, 0.5) is 0 Å². The summed E-state index contributed by atoms with van der Waals surface area (Å²) in [6.45, 7) is 0. The van der Waals surface area contributed by atoms with Gasteiger partial charge in [0.1, 0.15) is 5.75 Å². The van der Waals surface area contributed by atoms with Crippen LogP contribution in [0.3, 0.4) is 0 Å². The predicted molar refractivity (Wildman–Crippen MR) is 75.2 cm³/mol. The van der Waals surface area contributed by atoms with Crippen molar-refractivity contribution in [3.05, 3.63) is 45.0 Å². The van der Waals surface area contributed by atoms with Crippen molar-refractivity contribution in [3.63, 3.8) is 0 Å². The van der Waals surface area contributed by atoms with Crippen molar-refractivity contribution in [1.82, 2.24) is 0 Å². The van der Waals surface area contributed by atoms with Gasteiger partial charge < -0.3 is 4.74 Å². The van der Waals surface area contributed by atoms with Gasteiger partial charge in [-0.15, -0.1) is 11.8 Å². The standard InChI is InChI=1S/C13H12O2S2/c1-15-10-5-3-4-9(6-10)7-12-11(14)8-13(16-2)17-12/h3-8H,1-2H3/b12-7+. The van der Waals surface area contributed by atoms with Crippen molar-refractivity contribution in [1.29, 1.82) is 0 Å². The predicted octanol–water partition coefficient (Wildman–Crippen LogP) is 3.56. The Kier molecular flexibility index (Phi) is 3.97. The SMILES string of the molecule is COc1cccc(/C=C2/SC(SC)=CC2=O)c1. The van der Waals surface area contributed by atoms with Gasteiger partial charge >= 0.3 is 0 Å². The van der Waals surface area contributed by atoms with E-state index in [1.807, 2.05) is 36.6 Å². The van der Waals surface area contributed by atoms with E-state index < -0.39 is 0 Å². The number of ether oxygens (including phenoxy) is 1. The quantitative estimate of drug-likeness (QED) is 0.780. The number of thioether (sulfide) groups is 2. The van der Waals surface area contributed by atoms with Crippen molar-refractivity contribution in [2.24, 2.45) is 0 Å². The van der Waals surface area contributed by atoms with Crippen LogP contribution < -0.4 is 4.74 Å². The highest BCUT2D eigenvalue weighted by atomic mass is 32.2. The second-order valence-electron chi connectivity index (χ2n) is 3.42. The first-order valence-electron chi connectivity index (χ1n) is 5.06. The first kappa shape index (κ1) is 12.3. The fourth-order valence-corrected chi connectivity index (χ4v) is 3.01. The van der Waals surface area contributed by atoms with Crippen LogP contribution in [-0.4, -0.2) is 19.1 Å². The molecule has 2 nitrogen and oxygen atoms in total. The van der Waals surface area contributed by atoms with Crippen molar-refractivity contribution in [2.45, 2.75) is 0 Å². The summed E-state index contributed by atoms with van der Waals surface area (Å²) in [6.07, 6.45) is 5.55. The molecule has 0 aromatic heterocycles. The van der Waals surface area contributed by atoms with Gasteiger partial charge in [0.25, 0.3) is 0 Å². The molecule has 1 aliphatic heterocycles. The van der Waals surface area contributed by atoms with E-state index in [1.165, 1.54) is 11.8 Å². The molecule has 88 valence electrons. The average molecular weight is 264 g/mol. The maximum atomic E-state index is 11.7. The molecule has 17 heavy (non-hydrogen) atoms. The fraction of sp³-hybridized carbons (Fsp3) is 0.154. The number of rotatable bonds is 3. The lowest BCUT2D eigenvalue weighted by Crippen LogP contribution is -1.88. The normalized spacial score (nSPS) is 17.4. The molecule has 0 saturated carbocycles. The van der Waals surface area contributed by atoms with E-state index in [1.54, 1.807) is 24.9 Å². The third-order valence-electron chi connectivity index (χ3n) is 2.30. The summed E-state index contributed by atoms with van der Waals surface area (Å²) in [5.41, 5.74) is 0.982. The number of methoxy groups -OCH3 is 1. The zero-order valence-electron chi connectivity index (χ0n) is 9.60. The van der Waals surface area contributed by atoms with E-state index in [2.05, 4.69) is 0 Å². The van der Waals surface area contributed by atoms with E-state index >= 15 is 0 Å². The molecule has 1 aromatic carbocycles. The number of carbonyl (C=O) groups is 1. The fourth-order valence-electron chi connectivity index (χ4n) is 1.45. The highest BCUT2D eigenvalue weighted by Gasteiger charge is 2.18. The lowest BCUT2D eigenvalue weighted by Gasteiger charge is -2.01. The van der Waals surface area contributed by atoms with Gasteiger partial charge in [-0.1, -0.05) is 23.9 Å². The van der Waals surface area contributed by atoms with Gasteiger partial charge in [0.15, 0.2) is 5.78 Å². The maximum Gasteiger partial charge on any atom is 0.194 e. The smallest absolute Gasteiger partial charge is 0.194 e. The van der Waals surface area contributed by atoms with Crippen LogP contribution in [0.1, 0.15) is 5.56 Å². The number of benzene rings is 1. The summed E-state index contributed by atoms with van der Waals surface area (Å²) in [5.74, 6) is 0.884. The first-order chi connectivity index (χ1) is 8.22. The van der Waals surface area contributed by atoms with Crippen LogP contribution in [0.15, 0.2) is 39.5 Å². The number of hydrogen-bond donors (Lipinski definition) is 0. The van der Waals surface area contributed by atoms with E-state index in [-0.39, 0.29) is 5.78 Å². The Morgan fingerprint density at radius 3 is 2.88 bits per heavy atom. The lowest BCUT2D eigenvalue weighted by atomic mass is 10.2. The highest BCUT2D eigenvalue weighted by molar-refractivity contribution is 8.24. The van der Waals surface area contributed by atoms with E-state index in [9.17, 15) is 4.79 Å². The molecule has 0 radical (unpaired) electrons. The van der Waals surface area contributed by atoms with E-state index in [4.69, 9.17) is 4.74 Å². The number of allylic oxidation sites excluding steroid dienone is 2. The van der Waals surface area contributed by atoms with E-state index in [0.717, 1.165) is 20.5 Å². The number of carbonyl (C=O) groups excluding carboxylic acids is 1. The van der Waals surface area contributed by atoms with Crippen LogP contribution in [0.25, 0.3) is 6.08 Å². The molecule has 0 atom stereocenters. The maximum absolute atomic E-state index is 11.7. The minimum absolute atomic E-state index is 0.0853.